The Morgan fingerprint density at radius 3 is 2.92 bits per heavy atom. The molecule has 5 aliphatic rings. The maximum absolute atomic E-state index is 6.03. The fourth-order valence-corrected chi connectivity index (χ4v) is 6.94. The summed E-state index contributed by atoms with van der Waals surface area (Å²) in [4.78, 5) is 14.7. The number of anilines is 1. The third kappa shape index (κ3) is 3.80. The predicted octanol–water partition coefficient (Wildman–Crippen LogP) is 3.82. The van der Waals surface area contributed by atoms with Gasteiger partial charge in [0.2, 0.25) is 5.95 Å². The standard InChI is InChI=1S/C29H35N5O2/c1-33-10-3-2-4-13-36-23-7-5-6-21(16-23)24-8-9-30-27(31-24)32-29-18-22(29)17-26(28(20-33)19-25(28)29)34-11-14-35-15-12-34/h2-3,5-9,16-17,22,25H,4,10-15,18-20H2,1H3,(H,30,31,32)/b3-2+. The van der Waals surface area contributed by atoms with E-state index in [0.717, 1.165) is 75.2 Å². The normalized spacial score (nSPS) is 34.5. The highest BCUT2D eigenvalue weighted by atomic mass is 16.5. The van der Waals surface area contributed by atoms with Crippen molar-refractivity contribution in [2.75, 3.05) is 58.4 Å². The molecule has 2 aliphatic heterocycles. The predicted molar refractivity (Wildman–Crippen MR) is 140 cm³/mol. The summed E-state index contributed by atoms with van der Waals surface area (Å²) in [5, 5.41) is 3.86. The molecule has 3 heterocycles. The van der Waals surface area contributed by atoms with Crippen molar-refractivity contribution in [3.05, 3.63) is 60.5 Å². The van der Waals surface area contributed by atoms with Crippen LogP contribution in [0.4, 0.5) is 5.95 Å². The summed E-state index contributed by atoms with van der Waals surface area (Å²) in [7, 11) is 2.26. The molecule has 2 saturated carbocycles. The Bertz CT molecular complexity index is 1210. The molecule has 0 amide bonds. The van der Waals surface area contributed by atoms with E-state index in [1.165, 1.54) is 6.42 Å². The first-order chi connectivity index (χ1) is 17.7. The molecular weight excluding hydrogens is 450 g/mol. The van der Waals surface area contributed by atoms with Crippen molar-refractivity contribution in [3.63, 3.8) is 0 Å². The van der Waals surface area contributed by atoms with Gasteiger partial charge in [0, 0.05) is 55.0 Å². The van der Waals surface area contributed by atoms with Crippen LogP contribution in [0.1, 0.15) is 19.3 Å². The number of likely N-dealkylation sites (N-methyl/N-ethyl adjacent to an activating group) is 1. The topological polar surface area (TPSA) is 62.8 Å². The fourth-order valence-electron chi connectivity index (χ4n) is 6.94. The lowest BCUT2D eigenvalue weighted by molar-refractivity contribution is 0.0432. The van der Waals surface area contributed by atoms with Gasteiger partial charge in [-0.25, -0.2) is 9.97 Å². The van der Waals surface area contributed by atoms with Crippen molar-refractivity contribution in [2.45, 2.75) is 24.8 Å². The average molecular weight is 486 g/mol. The number of nitrogens with zero attached hydrogens (tertiary/aromatic N) is 4. The number of nitrogens with one attached hydrogen (secondary N) is 1. The van der Waals surface area contributed by atoms with Gasteiger partial charge in [-0.05, 0) is 50.4 Å². The molecule has 7 heteroatoms. The molecule has 1 N–H and O–H groups in total. The summed E-state index contributed by atoms with van der Waals surface area (Å²) in [6.45, 7) is 6.35. The number of morpholine rings is 1. The summed E-state index contributed by atoms with van der Waals surface area (Å²) >= 11 is 0. The Kier molecular flexibility index (Phi) is 5.33. The van der Waals surface area contributed by atoms with E-state index in [2.05, 4.69) is 57.5 Å². The maximum atomic E-state index is 6.03. The smallest absolute Gasteiger partial charge is 0.223 e. The molecule has 4 unspecified atom stereocenters. The van der Waals surface area contributed by atoms with Crippen LogP contribution in [0, 0.1) is 17.3 Å². The first-order valence-electron chi connectivity index (χ1n) is 13.4. The minimum absolute atomic E-state index is 0.0709. The van der Waals surface area contributed by atoms with Crippen LogP contribution in [0.15, 0.2) is 60.5 Å². The van der Waals surface area contributed by atoms with E-state index in [-0.39, 0.29) is 11.0 Å². The van der Waals surface area contributed by atoms with E-state index in [9.17, 15) is 0 Å². The Morgan fingerprint density at radius 1 is 1.08 bits per heavy atom. The van der Waals surface area contributed by atoms with E-state index in [0.29, 0.717) is 18.4 Å². The van der Waals surface area contributed by atoms with Crippen LogP contribution in [0.5, 0.6) is 5.75 Å². The van der Waals surface area contributed by atoms with Crippen molar-refractivity contribution in [1.29, 1.82) is 0 Å². The van der Waals surface area contributed by atoms with Gasteiger partial charge >= 0.3 is 0 Å². The monoisotopic (exact) mass is 485 g/mol. The molecule has 3 fully saturated rings. The molecule has 1 aromatic carbocycles. The molecule has 1 saturated heterocycles. The van der Waals surface area contributed by atoms with Gasteiger partial charge in [0.05, 0.1) is 31.1 Å². The third-order valence-corrected chi connectivity index (χ3v) is 8.80. The molecule has 188 valence electrons. The van der Waals surface area contributed by atoms with Gasteiger partial charge < -0.3 is 24.6 Å². The second-order valence-electron chi connectivity index (χ2n) is 11.1. The largest absolute Gasteiger partial charge is 0.493 e. The molecule has 7 rings (SSSR count). The average Bonchev–Trinajstić information content (AvgIpc) is 3.80. The second-order valence-corrected chi connectivity index (χ2v) is 11.1. The summed E-state index contributed by atoms with van der Waals surface area (Å²) in [5.41, 5.74) is 3.82. The highest BCUT2D eigenvalue weighted by Crippen LogP contribution is 2.75. The summed E-state index contributed by atoms with van der Waals surface area (Å²) in [6.07, 6.45) is 12.3. The first-order valence-corrected chi connectivity index (χ1v) is 13.4. The molecule has 2 aromatic rings. The lowest BCUT2D eigenvalue weighted by Crippen LogP contribution is -2.45. The third-order valence-electron chi connectivity index (χ3n) is 8.80. The Labute approximate surface area is 213 Å². The molecule has 36 heavy (non-hydrogen) atoms. The maximum Gasteiger partial charge on any atom is 0.223 e. The Hall–Kier alpha value is -2.90. The van der Waals surface area contributed by atoms with E-state index in [1.54, 1.807) is 5.70 Å². The van der Waals surface area contributed by atoms with Gasteiger partial charge in [-0.3, -0.25) is 0 Å². The van der Waals surface area contributed by atoms with Gasteiger partial charge in [-0.2, -0.15) is 0 Å². The summed E-state index contributed by atoms with van der Waals surface area (Å²) < 4.78 is 11.7. The highest BCUT2D eigenvalue weighted by Gasteiger charge is 2.76. The molecule has 1 spiro atoms. The minimum atomic E-state index is 0.0709. The molecule has 4 atom stereocenters. The molecule has 7 nitrogen and oxygen atoms in total. The van der Waals surface area contributed by atoms with E-state index >= 15 is 0 Å². The van der Waals surface area contributed by atoms with Crippen molar-refractivity contribution in [1.82, 2.24) is 19.8 Å². The number of aromatic nitrogens is 2. The second kappa shape index (κ2) is 8.60. The van der Waals surface area contributed by atoms with Crippen molar-refractivity contribution >= 4 is 5.95 Å². The van der Waals surface area contributed by atoms with Crippen LogP contribution in [0.25, 0.3) is 11.3 Å². The Morgan fingerprint density at radius 2 is 2.00 bits per heavy atom. The number of rotatable bonds is 1. The van der Waals surface area contributed by atoms with Gasteiger partial charge in [0.15, 0.2) is 0 Å². The zero-order chi connectivity index (χ0) is 24.2. The zero-order valence-electron chi connectivity index (χ0n) is 21.0. The van der Waals surface area contributed by atoms with Crippen molar-refractivity contribution in [3.8, 4) is 17.0 Å². The summed E-state index contributed by atoms with van der Waals surface area (Å²) in [5.74, 6) is 2.76. The van der Waals surface area contributed by atoms with Crippen molar-refractivity contribution in [2.24, 2.45) is 17.3 Å². The SMILES string of the molecule is CN1C/C=C/CCOc2cccc(c2)-c2ccnc(n2)NC23CC2C=C(N2CCOCC2)C2(CC23)C1. The van der Waals surface area contributed by atoms with Crippen LogP contribution < -0.4 is 10.1 Å². The molecule has 6 bridgehead atoms. The Balaban J connectivity index is 1.25. The quantitative estimate of drug-likeness (QED) is 0.616. The molecule has 0 radical (unpaired) electrons. The van der Waals surface area contributed by atoms with Crippen LogP contribution >= 0.6 is 0 Å². The van der Waals surface area contributed by atoms with Gasteiger partial charge in [-0.1, -0.05) is 30.4 Å². The van der Waals surface area contributed by atoms with Crippen LogP contribution in [-0.2, 0) is 4.74 Å². The fraction of sp³-hybridized carbons (Fsp3) is 0.517. The number of hydrogen-bond donors (Lipinski definition) is 1. The van der Waals surface area contributed by atoms with Crippen LogP contribution in [0.2, 0.25) is 0 Å². The summed E-state index contributed by atoms with van der Waals surface area (Å²) in [6, 6.07) is 10.2. The first kappa shape index (κ1) is 22.3. The number of hydrogen-bond acceptors (Lipinski definition) is 7. The van der Waals surface area contributed by atoms with Crippen LogP contribution in [-0.4, -0.2) is 78.4 Å². The number of benzene rings is 1. The van der Waals surface area contributed by atoms with Gasteiger partial charge in [-0.15, -0.1) is 0 Å². The van der Waals surface area contributed by atoms with E-state index < -0.39 is 0 Å². The van der Waals surface area contributed by atoms with Gasteiger partial charge in [0.1, 0.15) is 5.75 Å². The lowest BCUT2D eigenvalue weighted by Gasteiger charge is -2.40. The van der Waals surface area contributed by atoms with Gasteiger partial charge in [0.25, 0.3) is 0 Å². The zero-order valence-corrected chi connectivity index (χ0v) is 21.0. The van der Waals surface area contributed by atoms with Crippen molar-refractivity contribution < 1.29 is 9.47 Å². The molecule has 1 aromatic heterocycles. The number of ether oxygens (including phenoxy) is 2. The van der Waals surface area contributed by atoms with Crippen LogP contribution in [0.3, 0.4) is 0 Å². The number of fused-ring (bicyclic) bond motifs is 5. The highest BCUT2D eigenvalue weighted by molar-refractivity contribution is 5.62. The molecule has 3 aliphatic carbocycles. The molecular formula is C29H35N5O2. The van der Waals surface area contributed by atoms with E-state index in [4.69, 9.17) is 14.5 Å². The minimum Gasteiger partial charge on any atom is -0.493 e. The van der Waals surface area contributed by atoms with E-state index in [1.807, 2.05) is 24.4 Å². The lowest BCUT2D eigenvalue weighted by atomic mass is 9.86.